The minimum absolute atomic E-state index is 0.113. The van der Waals surface area contributed by atoms with Crippen molar-refractivity contribution < 1.29 is 5.11 Å². The third kappa shape index (κ3) is 2.56. The Balaban J connectivity index is 1.97. The number of rotatable bonds is 1. The van der Waals surface area contributed by atoms with E-state index in [1.165, 1.54) is 6.42 Å². The molecule has 2 fully saturated rings. The number of aliphatic hydroxyl groups is 1. The van der Waals surface area contributed by atoms with Crippen molar-refractivity contribution >= 4 is 0 Å². The van der Waals surface area contributed by atoms with E-state index in [9.17, 15) is 10.4 Å². The van der Waals surface area contributed by atoms with E-state index in [1.807, 2.05) is 0 Å². The number of aliphatic hydroxyl groups excluding tert-OH is 1. The van der Waals surface area contributed by atoms with Crippen molar-refractivity contribution in [2.75, 3.05) is 13.1 Å². The maximum absolute atomic E-state index is 9.51. The van der Waals surface area contributed by atoms with E-state index < -0.39 is 0 Å². The summed E-state index contributed by atoms with van der Waals surface area (Å²) < 4.78 is 0. The maximum Gasteiger partial charge on any atom is 0.0672 e. The van der Waals surface area contributed by atoms with Crippen molar-refractivity contribution in [3.05, 3.63) is 0 Å². The minimum atomic E-state index is -0.113. The lowest BCUT2D eigenvalue weighted by Crippen LogP contribution is -2.48. The van der Waals surface area contributed by atoms with Crippen LogP contribution < -0.4 is 0 Å². The lowest BCUT2D eigenvalue weighted by atomic mass is 9.78. The summed E-state index contributed by atoms with van der Waals surface area (Å²) in [4.78, 5) is 2.44. The van der Waals surface area contributed by atoms with Gasteiger partial charge in [0.05, 0.1) is 18.1 Å². The molecule has 1 aliphatic heterocycles. The average molecular weight is 222 g/mol. The van der Waals surface area contributed by atoms with E-state index in [2.05, 4.69) is 17.9 Å². The summed E-state index contributed by atoms with van der Waals surface area (Å²) in [7, 11) is 0. The number of hydrogen-bond acceptors (Lipinski definition) is 3. The zero-order valence-corrected chi connectivity index (χ0v) is 10.1. The largest absolute Gasteiger partial charge is 0.393 e. The molecule has 1 aliphatic carbocycles. The summed E-state index contributed by atoms with van der Waals surface area (Å²) in [6, 6.07) is 2.92. The van der Waals surface area contributed by atoms with E-state index in [1.54, 1.807) is 0 Å². The predicted octanol–water partition coefficient (Wildman–Crippen LogP) is 1.77. The first kappa shape index (κ1) is 11.9. The van der Waals surface area contributed by atoms with Gasteiger partial charge in [-0.25, -0.2) is 0 Å². The third-order valence-electron chi connectivity index (χ3n) is 4.21. The van der Waals surface area contributed by atoms with Gasteiger partial charge in [0.15, 0.2) is 0 Å². The van der Waals surface area contributed by atoms with Crippen LogP contribution in [0.4, 0.5) is 0 Å². The Morgan fingerprint density at radius 2 is 1.88 bits per heavy atom. The molecule has 90 valence electrons. The molecule has 0 aromatic carbocycles. The van der Waals surface area contributed by atoms with Crippen molar-refractivity contribution in [1.29, 1.82) is 5.26 Å². The second-order valence-electron chi connectivity index (χ2n) is 5.49. The highest BCUT2D eigenvalue weighted by atomic mass is 16.3. The fraction of sp³-hybridized carbons (Fsp3) is 0.923. The van der Waals surface area contributed by atoms with E-state index >= 15 is 0 Å². The third-order valence-corrected chi connectivity index (χ3v) is 4.21. The van der Waals surface area contributed by atoms with Gasteiger partial charge in [0, 0.05) is 19.1 Å². The fourth-order valence-electron chi connectivity index (χ4n) is 3.12. The van der Waals surface area contributed by atoms with Crippen molar-refractivity contribution in [1.82, 2.24) is 4.90 Å². The Bertz CT molecular complexity index is 266. The summed E-state index contributed by atoms with van der Waals surface area (Å²) in [5, 5.41) is 18.7. The second kappa shape index (κ2) is 5.16. The molecule has 16 heavy (non-hydrogen) atoms. The number of likely N-dealkylation sites (tertiary alicyclic amines) is 1. The van der Waals surface area contributed by atoms with Gasteiger partial charge < -0.3 is 5.11 Å². The first-order chi connectivity index (χ1) is 7.70. The summed E-state index contributed by atoms with van der Waals surface area (Å²) >= 11 is 0. The molecule has 3 heteroatoms. The molecule has 1 saturated carbocycles. The number of nitrogens with zero attached hydrogens (tertiary/aromatic N) is 2. The van der Waals surface area contributed by atoms with Gasteiger partial charge in [-0.05, 0) is 38.0 Å². The first-order valence-corrected chi connectivity index (χ1v) is 6.52. The van der Waals surface area contributed by atoms with Crippen LogP contribution in [0.1, 0.15) is 39.0 Å². The smallest absolute Gasteiger partial charge is 0.0672 e. The van der Waals surface area contributed by atoms with Crippen LogP contribution in [0.2, 0.25) is 0 Å². The highest BCUT2D eigenvalue weighted by molar-refractivity contribution is 4.97. The SMILES string of the molecule is CC1CCC(C#N)C(N2CCC(O)CC2)C1. The zero-order valence-electron chi connectivity index (χ0n) is 10.1. The Labute approximate surface area is 98.1 Å². The maximum atomic E-state index is 9.51. The lowest BCUT2D eigenvalue weighted by molar-refractivity contribution is 0.0320. The average Bonchev–Trinajstić information content (AvgIpc) is 2.30. The van der Waals surface area contributed by atoms with Crippen molar-refractivity contribution in [3.63, 3.8) is 0 Å². The summed E-state index contributed by atoms with van der Waals surface area (Å²) in [6.45, 7) is 4.23. The molecule has 0 bridgehead atoms. The van der Waals surface area contributed by atoms with E-state index in [0.717, 1.165) is 44.7 Å². The van der Waals surface area contributed by atoms with Crippen molar-refractivity contribution in [2.24, 2.45) is 11.8 Å². The van der Waals surface area contributed by atoms with Crippen LogP contribution in [0.5, 0.6) is 0 Å². The number of nitriles is 1. The predicted molar refractivity (Wildman–Crippen MR) is 62.7 cm³/mol. The van der Waals surface area contributed by atoms with E-state index in [-0.39, 0.29) is 12.0 Å². The Hall–Kier alpha value is -0.590. The van der Waals surface area contributed by atoms with Crippen LogP contribution in [0.25, 0.3) is 0 Å². The van der Waals surface area contributed by atoms with Crippen LogP contribution in [-0.4, -0.2) is 35.2 Å². The molecule has 0 amide bonds. The quantitative estimate of drug-likeness (QED) is 0.735. The van der Waals surface area contributed by atoms with Crippen LogP contribution >= 0.6 is 0 Å². The lowest BCUT2D eigenvalue weighted by Gasteiger charge is -2.42. The summed E-state index contributed by atoms with van der Waals surface area (Å²) in [5.41, 5.74) is 0. The summed E-state index contributed by atoms with van der Waals surface area (Å²) in [6.07, 6.45) is 5.06. The molecular formula is C13H22N2O. The van der Waals surface area contributed by atoms with Crippen molar-refractivity contribution in [3.8, 4) is 6.07 Å². The Morgan fingerprint density at radius 3 is 2.50 bits per heavy atom. The normalized spacial score (nSPS) is 38.2. The standard InChI is InChI=1S/C13H22N2O/c1-10-2-3-11(9-14)13(8-10)15-6-4-12(16)5-7-15/h10-13,16H,2-8H2,1H3. The molecule has 0 aromatic rings. The van der Waals surface area contributed by atoms with Gasteiger partial charge >= 0.3 is 0 Å². The van der Waals surface area contributed by atoms with Gasteiger partial charge in [-0.1, -0.05) is 6.92 Å². The van der Waals surface area contributed by atoms with Crippen LogP contribution in [-0.2, 0) is 0 Å². The fourth-order valence-corrected chi connectivity index (χ4v) is 3.12. The number of piperidine rings is 1. The van der Waals surface area contributed by atoms with Crippen LogP contribution in [0.3, 0.4) is 0 Å². The highest BCUT2D eigenvalue weighted by Gasteiger charge is 2.34. The minimum Gasteiger partial charge on any atom is -0.393 e. The Morgan fingerprint density at radius 1 is 1.19 bits per heavy atom. The molecule has 1 N–H and O–H groups in total. The van der Waals surface area contributed by atoms with Gasteiger partial charge in [0.2, 0.25) is 0 Å². The highest BCUT2D eigenvalue weighted by Crippen LogP contribution is 2.33. The van der Waals surface area contributed by atoms with E-state index in [0.29, 0.717) is 6.04 Å². The molecule has 3 unspecified atom stereocenters. The monoisotopic (exact) mass is 222 g/mol. The first-order valence-electron chi connectivity index (χ1n) is 6.52. The second-order valence-corrected chi connectivity index (χ2v) is 5.49. The van der Waals surface area contributed by atoms with Gasteiger partial charge in [0.1, 0.15) is 0 Å². The molecule has 0 radical (unpaired) electrons. The summed E-state index contributed by atoms with van der Waals surface area (Å²) in [5.74, 6) is 0.966. The van der Waals surface area contributed by atoms with E-state index in [4.69, 9.17) is 0 Å². The molecule has 2 aliphatic rings. The Kier molecular flexibility index (Phi) is 3.83. The van der Waals surface area contributed by atoms with Crippen LogP contribution in [0.15, 0.2) is 0 Å². The molecule has 0 spiro atoms. The van der Waals surface area contributed by atoms with Gasteiger partial charge in [-0.3, -0.25) is 4.90 Å². The topological polar surface area (TPSA) is 47.3 Å². The van der Waals surface area contributed by atoms with Gasteiger partial charge in [0.25, 0.3) is 0 Å². The molecule has 3 atom stereocenters. The molecule has 1 saturated heterocycles. The molecule has 0 aromatic heterocycles. The van der Waals surface area contributed by atoms with Crippen molar-refractivity contribution in [2.45, 2.75) is 51.2 Å². The zero-order chi connectivity index (χ0) is 11.5. The molecule has 1 heterocycles. The number of hydrogen-bond donors (Lipinski definition) is 1. The molecule has 2 rings (SSSR count). The van der Waals surface area contributed by atoms with Gasteiger partial charge in [-0.2, -0.15) is 5.26 Å². The molecular weight excluding hydrogens is 200 g/mol. The molecule has 3 nitrogen and oxygen atoms in total. The van der Waals surface area contributed by atoms with Crippen LogP contribution in [0, 0.1) is 23.2 Å². The van der Waals surface area contributed by atoms with Gasteiger partial charge in [-0.15, -0.1) is 0 Å².